The van der Waals surface area contributed by atoms with Gasteiger partial charge in [-0.2, -0.15) is 0 Å². The average molecular weight is 348 g/mol. The third kappa shape index (κ3) is 4.01. The van der Waals surface area contributed by atoms with Gasteiger partial charge in [-0.05, 0) is 30.2 Å². The second-order valence-electron chi connectivity index (χ2n) is 4.53. The first-order valence-corrected chi connectivity index (χ1v) is 8.19. The van der Waals surface area contributed by atoms with Crippen LogP contribution in [-0.2, 0) is 5.75 Å². The Morgan fingerprint density at radius 3 is 2.05 bits per heavy atom. The molecule has 1 aromatic carbocycles. The van der Waals surface area contributed by atoms with Crippen molar-refractivity contribution in [2.75, 3.05) is 0 Å². The molecule has 0 N–H and O–H groups in total. The molecule has 20 heavy (non-hydrogen) atoms. The Labute approximate surface area is 137 Å². The molecule has 0 radical (unpaired) electrons. The van der Waals surface area contributed by atoms with Crippen LogP contribution in [0.4, 0.5) is 0 Å². The standard InChI is InChI=1S/C14H13Cl3N2S/c1-8(2)12-13(16)18-11(19-14(12)17)7-20-10-5-3-9(15)4-6-10/h3-6,8H,7H2,1-2H3. The summed E-state index contributed by atoms with van der Waals surface area (Å²) in [5.74, 6) is 1.44. The van der Waals surface area contributed by atoms with Crippen LogP contribution in [0, 0.1) is 0 Å². The van der Waals surface area contributed by atoms with Gasteiger partial charge in [-0.1, -0.05) is 48.7 Å². The number of benzene rings is 1. The predicted octanol–water partition coefficient (Wildman–Crippen LogP) is 5.85. The van der Waals surface area contributed by atoms with E-state index >= 15 is 0 Å². The minimum atomic E-state index is 0.202. The molecule has 2 aromatic rings. The first kappa shape index (κ1) is 15.9. The summed E-state index contributed by atoms with van der Waals surface area (Å²) in [6, 6.07) is 7.62. The molecule has 2 rings (SSSR count). The Morgan fingerprint density at radius 2 is 1.55 bits per heavy atom. The van der Waals surface area contributed by atoms with E-state index in [1.54, 1.807) is 11.8 Å². The molecule has 0 aliphatic heterocycles. The van der Waals surface area contributed by atoms with E-state index in [1.807, 2.05) is 38.1 Å². The van der Waals surface area contributed by atoms with E-state index in [1.165, 1.54) is 0 Å². The maximum atomic E-state index is 6.17. The highest BCUT2D eigenvalue weighted by atomic mass is 35.5. The maximum Gasteiger partial charge on any atom is 0.142 e. The van der Waals surface area contributed by atoms with E-state index in [0.29, 0.717) is 21.9 Å². The summed E-state index contributed by atoms with van der Waals surface area (Å²) in [7, 11) is 0. The first-order valence-electron chi connectivity index (χ1n) is 6.07. The zero-order valence-corrected chi connectivity index (χ0v) is 14.1. The van der Waals surface area contributed by atoms with Crippen molar-refractivity contribution in [3.05, 3.63) is 51.0 Å². The molecule has 0 amide bonds. The van der Waals surface area contributed by atoms with Gasteiger partial charge in [-0.15, -0.1) is 11.8 Å². The number of hydrogen-bond donors (Lipinski definition) is 0. The van der Waals surface area contributed by atoms with Crippen LogP contribution in [0.5, 0.6) is 0 Å². The van der Waals surface area contributed by atoms with Crippen molar-refractivity contribution >= 4 is 46.6 Å². The van der Waals surface area contributed by atoms with E-state index in [4.69, 9.17) is 34.8 Å². The van der Waals surface area contributed by atoms with Gasteiger partial charge in [0.2, 0.25) is 0 Å². The van der Waals surface area contributed by atoms with E-state index in [2.05, 4.69) is 9.97 Å². The molecule has 0 saturated carbocycles. The zero-order chi connectivity index (χ0) is 14.7. The van der Waals surface area contributed by atoms with E-state index in [-0.39, 0.29) is 5.92 Å². The van der Waals surface area contributed by atoms with Gasteiger partial charge < -0.3 is 0 Å². The number of thioether (sulfide) groups is 1. The topological polar surface area (TPSA) is 25.8 Å². The van der Waals surface area contributed by atoms with Crippen LogP contribution in [0.3, 0.4) is 0 Å². The van der Waals surface area contributed by atoms with Crippen molar-refractivity contribution in [1.82, 2.24) is 9.97 Å². The highest BCUT2D eigenvalue weighted by molar-refractivity contribution is 7.98. The lowest BCUT2D eigenvalue weighted by Gasteiger charge is -2.10. The predicted molar refractivity (Wildman–Crippen MR) is 87.2 cm³/mol. The van der Waals surface area contributed by atoms with Gasteiger partial charge in [0.05, 0.1) is 5.75 Å². The van der Waals surface area contributed by atoms with Crippen molar-refractivity contribution in [2.45, 2.75) is 30.4 Å². The maximum absolute atomic E-state index is 6.17. The minimum absolute atomic E-state index is 0.202. The fourth-order valence-corrected chi connectivity index (χ4v) is 3.42. The lowest BCUT2D eigenvalue weighted by atomic mass is 10.1. The van der Waals surface area contributed by atoms with Crippen molar-refractivity contribution in [1.29, 1.82) is 0 Å². The van der Waals surface area contributed by atoms with Crippen LogP contribution >= 0.6 is 46.6 Å². The van der Waals surface area contributed by atoms with Crippen molar-refractivity contribution < 1.29 is 0 Å². The lowest BCUT2D eigenvalue weighted by molar-refractivity contribution is 0.837. The van der Waals surface area contributed by atoms with Crippen LogP contribution in [0.15, 0.2) is 29.2 Å². The summed E-state index contributed by atoms with van der Waals surface area (Å²) in [5, 5.41) is 1.59. The molecule has 0 aliphatic carbocycles. The largest absolute Gasteiger partial charge is 0.220 e. The molecule has 0 bridgehead atoms. The number of halogens is 3. The molecule has 0 spiro atoms. The summed E-state index contributed by atoms with van der Waals surface area (Å²) < 4.78 is 0. The van der Waals surface area contributed by atoms with Crippen molar-refractivity contribution in [2.24, 2.45) is 0 Å². The van der Waals surface area contributed by atoms with Crippen LogP contribution in [0.25, 0.3) is 0 Å². The molecule has 1 aromatic heterocycles. The Balaban J connectivity index is 2.12. The molecule has 0 saturated heterocycles. The Morgan fingerprint density at radius 1 is 1.00 bits per heavy atom. The Bertz CT molecular complexity index is 577. The molecular weight excluding hydrogens is 335 g/mol. The molecule has 0 atom stereocenters. The van der Waals surface area contributed by atoms with Gasteiger partial charge in [-0.3, -0.25) is 0 Å². The summed E-state index contributed by atoms with van der Waals surface area (Å²) in [6.45, 7) is 4.02. The number of rotatable bonds is 4. The SMILES string of the molecule is CC(C)c1c(Cl)nc(CSc2ccc(Cl)cc2)nc1Cl. The van der Waals surface area contributed by atoms with Gasteiger partial charge >= 0.3 is 0 Å². The van der Waals surface area contributed by atoms with E-state index in [0.717, 1.165) is 15.5 Å². The summed E-state index contributed by atoms with van der Waals surface area (Å²) in [5.41, 5.74) is 0.800. The fourth-order valence-electron chi connectivity index (χ4n) is 1.68. The van der Waals surface area contributed by atoms with Crippen LogP contribution in [0.2, 0.25) is 15.3 Å². The Kier molecular flexibility index (Phi) is 5.56. The molecule has 0 unspecified atom stereocenters. The van der Waals surface area contributed by atoms with Gasteiger partial charge in [0.1, 0.15) is 16.1 Å². The quantitative estimate of drug-likeness (QED) is 0.512. The van der Waals surface area contributed by atoms with Gasteiger partial charge in [0.25, 0.3) is 0 Å². The highest BCUT2D eigenvalue weighted by Crippen LogP contribution is 2.30. The molecule has 106 valence electrons. The van der Waals surface area contributed by atoms with Crippen LogP contribution < -0.4 is 0 Å². The summed E-state index contributed by atoms with van der Waals surface area (Å²) >= 11 is 19.8. The lowest BCUT2D eigenvalue weighted by Crippen LogP contribution is -2.01. The summed E-state index contributed by atoms with van der Waals surface area (Å²) in [4.78, 5) is 9.72. The third-order valence-electron chi connectivity index (χ3n) is 2.66. The second kappa shape index (κ2) is 6.99. The van der Waals surface area contributed by atoms with Gasteiger partial charge in [0.15, 0.2) is 0 Å². The number of hydrogen-bond acceptors (Lipinski definition) is 3. The third-order valence-corrected chi connectivity index (χ3v) is 4.49. The fraction of sp³-hybridized carbons (Fsp3) is 0.286. The first-order chi connectivity index (χ1) is 9.47. The molecule has 2 nitrogen and oxygen atoms in total. The molecule has 6 heteroatoms. The van der Waals surface area contributed by atoms with E-state index < -0.39 is 0 Å². The van der Waals surface area contributed by atoms with Crippen LogP contribution in [0.1, 0.15) is 31.2 Å². The van der Waals surface area contributed by atoms with Gasteiger partial charge in [0, 0.05) is 15.5 Å². The van der Waals surface area contributed by atoms with E-state index in [9.17, 15) is 0 Å². The number of aromatic nitrogens is 2. The second-order valence-corrected chi connectivity index (χ2v) is 6.73. The molecule has 0 aliphatic rings. The summed E-state index contributed by atoms with van der Waals surface area (Å²) in [6.07, 6.45) is 0. The van der Waals surface area contributed by atoms with Gasteiger partial charge in [-0.25, -0.2) is 9.97 Å². The molecule has 0 fully saturated rings. The Hall–Kier alpha value is -0.480. The molecule has 1 heterocycles. The minimum Gasteiger partial charge on any atom is -0.220 e. The smallest absolute Gasteiger partial charge is 0.142 e. The van der Waals surface area contributed by atoms with Crippen molar-refractivity contribution in [3.63, 3.8) is 0 Å². The molecular formula is C14H13Cl3N2S. The van der Waals surface area contributed by atoms with Crippen molar-refractivity contribution in [3.8, 4) is 0 Å². The normalized spacial score (nSPS) is 11.1. The zero-order valence-electron chi connectivity index (χ0n) is 11.0. The van der Waals surface area contributed by atoms with Crippen LogP contribution in [-0.4, -0.2) is 9.97 Å². The average Bonchev–Trinajstić information content (AvgIpc) is 2.37. The monoisotopic (exact) mass is 346 g/mol. The highest BCUT2D eigenvalue weighted by Gasteiger charge is 2.14. The number of nitrogens with zero attached hydrogens (tertiary/aromatic N) is 2.